The lowest BCUT2D eigenvalue weighted by Crippen LogP contribution is -2.50. The van der Waals surface area contributed by atoms with Crippen molar-refractivity contribution in [2.24, 2.45) is 5.92 Å². The molecule has 3 amide bonds. The number of likely N-dealkylation sites (tertiary alicyclic amines) is 1. The van der Waals surface area contributed by atoms with E-state index in [0.29, 0.717) is 70.8 Å². The topological polar surface area (TPSA) is 68.8 Å². The number of piperidine rings is 2. The van der Waals surface area contributed by atoms with Crippen molar-refractivity contribution < 1.29 is 22.8 Å². The number of nitrogens with one attached hydrogen (secondary N) is 1. The highest BCUT2D eigenvalue weighted by Gasteiger charge is 2.32. The number of halogens is 3. The summed E-state index contributed by atoms with van der Waals surface area (Å²) in [5, 5.41) is 3.13. The molecule has 0 saturated carbocycles. The summed E-state index contributed by atoms with van der Waals surface area (Å²) in [5.74, 6) is 0.462. The molecule has 32 heavy (non-hydrogen) atoms. The number of aromatic nitrogens is 1. The van der Waals surface area contributed by atoms with Gasteiger partial charge in [0, 0.05) is 57.4 Å². The Morgan fingerprint density at radius 1 is 1.06 bits per heavy atom. The SMILES string of the molecule is CCN(CC)C(=O)N1CCC(C(=O)NC2CCN(c3ccc(C(F)(F)F)cn3)CC2)CC1. The Kier molecular flexibility index (Phi) is 7.84. The second kappa shape index (κ2) is 10.4. The van der Waals surface area contributed by atoms with Crippen molar-refractivity contribution in [3.8, 4) is 0 Å². The van der Waals surface area contributed by atoms with Crippen LogP contribution >= 0.6 is 0 Å². The van der Waals surface area contributed by atoms with E-state index >= 15 is 0 Å². The molecular weight excluding hydrogens is 423 g/mol. The molecule has 0 radical (unpaired) electrons. The van der Waals surface area contributed by atoms with Gasteiger partial charge in [-0.3, -0.25) is 4.79 Å². The number of hydrogen-bond donors (Lipinski definition) is 1. The molecule has 2 aliphatic heterocycles. The van der Waals surface area contributed by atoms with Crippen molar-refractivity contribution in [3.05, 3.63) is 23.9 Å². The molecule has 3 heterocycles. The van der Waals surface area contributed by atoms with E-state index in [9.17, 15) is 22.8 Å². The van der Waals surface area contributed by atoms with Gasteiger partial charge in [0.1, 0.15) is 5.82 Å². The van der Waals surface area contributed by atoms with Gasteiger partial charge in [0.2, 0.25) is 5.91 Å². The third-order valence-corrected chi connectivity index (χ3v) is 6.41. The second-order valence-corrected chi connectivity index (χ2v) is 8.39. The van der Waals surface area contributed by atoms with Crippen LogP contribution in [0, 0.1) is 5.92 Å². The average molecular weight is 456 g/mol. The second-order valence-electron chi connectivity index (χ2n) is 8.39. The minimum atomic E-state index is -4.39. The Bertz CT molecular complexity index is 767. The predicted octanol–water partition coefficient (Wildman–Crippen LogP) is 3.36. The van der Waals surface area contributed by atoms with E-state index in [1.165, 1.54) is 6.07 Å². The van der Waals surface area contributed by atoms with Crippen LogP contribution in [-0.2, 0) is 11.0 Å². The first kappa shape index (κ1) is 24.1. The average Bonchev–Trinajstić information content (AvgIpc) is 2.80. The molecule has 178 valence electrons. The Morgan fingerprint density at radius 2 is 1.69 bits per heavy atom. The van der Waals surface area contributed by atoms with Crippen molar-refractivity contribution in [1.82, 2.24) is 20.1 Å². The number of carbonyl (C=O) groups excluding carboxylic acids is 2. The molecule has 3 rings (SSSR count). The van der Waals surface area contributed by atoms with E-state index in [2.05, 4.69) is 10.3 Å². The first-order chi connectivity index (χ1) is 15.2. The van der Waals surface area contributed by atoms with Gasteiger partial charge >= 0.3 is 12.2 Å². The van der Waals surface area contributed by atoms with Gasteiger partial charge in [-0.05, 0) is 51.7 Å². The molecule has 1 aromatic rings. The van der Waals surface area contributed by atoms with Crippen LogP contribution in [-0.4, -0.2) is 72.0 Å². The van der Waals surface area contributed by atoms with Crippen molar-refractivity contribution >= 4 is 17.8 Å². The molecular formula is C22H32F3N5O2. The van der Waals surface area contributed by atoms with Crippen LogP contribution < -0.4 is 10.2 Å². The maximum atomic E-state index is 12.7. The van der Waals surface area contributed by atoms with Crippen LogP contribution in [0.3, 0.4) is 0 Å². The van der Waals surface area contributed by atoms with Gasteiger partial charge in [-0.1, -0.05) is 0 Å². The largest absolute Gasteiger partial charge is 0.417 e. The van der Waals surface area contributed by atoms with E-state index in [0.717, 1.165) is 12.3 Å². The Hall–Kier alpha value is -2.52. The van der Waals surface area contributed by atoms with Gasteiger partial charge in [-0.2, -0.15) is 13.2 Å². The lowest BCUT2D eigenvalue weighted by molar-refractivity contribution is -0.137. The summed E-state index contributed by atoms with van der Waals surface area (Å²) in [6, 6.07) is 2.53. The monoisotopic (exact) mass is 455 g/mol. The number of hydrogen-bond acceptors (Lipinski definition) is 4. The molecule has 2 aliphatic rings. The molecule has 10 heteroatoms. The first-order valence-corrected chi connectivity index (χ1v) is 11.3. The van der Waals surface area contributed by atoms with Crippen molar-refractivity contribution in [2.75, 3.05) is 44.2 Å². The van der Waals surface area contributed by atoms with Crippen LogP contribution in [0.25, 0.3) is 0 Å². The maximum Gasteiger partial charge on any atom is 0.417 e. The number of amides is 3. The molecule has 0 bridgehead atoms. The summed E-state index contributed by atoms with van der Waals surface area (Å²) in [6.07, 6.45) is -0.778. The number of anilines is 1. The normalized spacial score (nSPS) is 18.5. The third-order valence-electron chi connectivity index (χ3n) is 6.41. The van der Waals surface area contributed by atoms with Crippen LogP contribution in [0.1, 0.15) is 45.1 Å². The molecule has 0 aromatic carbocycles. The number of carbonyl (C=O) groups is 2. The summed E-state index contributed by atoms with van der Waals surface area (Å²) < 4.78 is 38.1. The molecule has 0 unspecified atom stereocenters. The summed E-state index contributed by atoms with van der Waals surface area (Å²) in [4.78, 5) is 34.7. The van der Waals surface area contributed by atoms with E-state index < -0.39 is 11.7 Å². The standard InChI is InChI=1S/C22H32F3N5O2/c1-3-28(4-2)21(32)30-11-7-16(8-12-30)20(31)27-18-9-13-29(14-10-18)19-6-5-17(15-26-19)22(23,24)25/h5-6,15-16,18H,3-4,7-14H2,1-2H3,(H,27,31). The van der Waals surface area contributed by atoms with Crippen molar-refractivity contribution in [2.45, 2.75) is 51.7 Å². The van der Waals surface area contributed by atoms with Crippen LogP contribution in [0.5, 0.6) is 0 Å². The number of nitrogens with zero attached hydrogens (tertiary/aromatic N) is 4. The summed E-state index contributed by atoms with van der Waals surface area (Å²) in [6.45, 7) is 7.70. The molecule has 2 fully saturated rings. The zero-order valence-electron chi connectivity index (χ0n) is 18.7. The molecule has 0 spiro atoms. The minimum Gasteiger partial charge on any atom is -0.356 e. The molecule has 0 atom stereocenters. The van der Waals surface area contributed by atoms with Gasteiger partial charge in [0.25, 0.3) is 0 Å². The van der Waals surface area contributed by atoms with Crippen LogP contribution in [0.2, 0.25) is 0 Å². The molecule has 0 aliphatic carbocycles. The van der Waals surface area contributed by atoms with Crippen molar-refractivity contribution in [1.29, 1.82) is 0 Å². The summed E-state index contributed by atoms with van der Waals surface area (Å²) in [5.41, 5.74) is -0.756. The fourth-order valence-electron chi connectivity index (χ4n) is 4.34. The molecule has 7 nitrogen and oxygen atoms in total. The minimum absolute atomic E-state index is 0.0334. The lowest BCUT2D eigenvalue weighted by Gasteiger charge is -2.36. The molecule has 2 saturated heterocycles. The maximum absolute atomic E-state index is 12.7. The Labute approximate surface area is 186 Å². The molecule has 1 N–H and O–H groups in total. The molecule has 1 aromatic heterocycles. The van der Waals surface area contributed by atoms with E-state index in [4.69, 9.17) is 0 Å². The van der Waals surface area contributed by atoms with Crippen LogP contribution in [0.4, 0.5) is 23.8 Å². The number of rotatable bonds is 5. The predicted molar refractivity (Wildman–Crippen MR) is 115 cm³/mol. The van der Waals surface area contributed by atoms with Gasteiger partial charge in [-0.25, -0.2) is 9.78 Å². The van der Waals surface area contributed by atoms with Crippen molar-refractivity contribution in [3.63, 3.8) is 0 Å². The lowest BCUT2D eigenvalue weighted by atomic mass is 9.95. The van der Waals surface area contributed by atoms with Gasteiger partial charge in [-0.15, -0.1) is 0 Å². The first-order valence-electron chi connectivity index (χ1n) is 11.3. The highest BCUT2D eigenvalue weighted by molar-refractivity contribution is 5.80. The summed E-state index contributed by atoms with van der Waals surface area (Å²) >= 11 is 0. The fraction of sp³-hybridized carbons (Fsp3) is 0.682. The van der Waals surface area contributed by atoms with E-state index in [1.54, 1.807) is 4.90 Å². The highest BCUT2D eigenvalue weighted by Crippen LogP contribution is 2.30. The smallest absolute Gasteiger partial charge is 0.356 e. The Balaban J connectivity index is 1.43. The number of urea groups is 1. The van der Waals surface area contributed by atoms with E-state index in [-0.39, 0.29) is 23.9 Å². The zero-order valence-corrected chi connectivity index (χ0v) is 18.7. The summed E-state index contributed by atoms with van der Waals surface area (Å²) in [7, 11) is 0. The van der Waals surface area contributed by atoms with Gasteiger partial charge < -0.3 is 20.0 Å². The number of alkyl halides is 3. The van der Waals surface area contributed by atoms with Gasteiger partial charge in [0.15, 0.2) is 0 Å². The Morgan fingerprint density at radius 3 is 2.19 bits per heavy atom. The zero-order chi connectivity index (χ0) is 23.3. The fourth-order valence-corrected chi connectivity index (χ4v) is 4.34. The highest BCUT2D eigenvalue weighted by atomic mass is 19.4. The quantitative estimate of drug-likeness (QED) is 0.739. The third kappa shape index (κ3) is 5.83. The van der Waals surface area contributed by atoms with Gasteiger partial charge in [0.05, 0.1) is 5.56 Å². The number of pyridine rings is 1. The van der Waals surface area contributed by atoms with Crippen LogP contribution in [0.15, 0.2) is 18.3 Å². The van der Waals surface area contributed by atoms with E-state index in [1.807, 2.05) is 23.6 Å².